The van der Waals surface area contributed by atoms with Gasteiger partial charge in [-0.05, 0) is 58.5 Å². The van der Waals surface area contributed by atoms with Gasteiger partial charge in [0.05, 0.1) is 18.2 Å². The molecule has 2 aromatic carbocycles. The Morgan fingerprint density at radius 3 is 2.69 bits per heavy atom. The van der Waals surface area contributed by atoms with Crippen molar-refractivity contribution in [2.75, 3.05) is 26.3 Å². The zero-order valence-corrected chi connectivity index (χ0v) is 22.1. The van der Waals surface area contributed by atoms with Gasteiger partial charge in [-0.15, -0.1) is 0 Å². The molecule has 0 spiro atoms. The third-order valence-corrected chi connectivity index (χ3v) is 8.78. The molecule has 0 unspecified atom stereocenters. The summed E-state index contributed by atoms with van der Waals surface area (Å²) in [6.07, 6.45) is 5.80. The number of morpholine rings is 1. The van der Waals surface area contributed by atoms with E-state index in [4.69, 9.17) is 16.3 Å². The number of benzene rings is 2. The van der Waals surface area contributed by atoms with Crippen LogP contribution in [0.1, 0.15) is 21.5 Å². The fourth-order valence-electron chi connectivity index (χ4n) is 3.97. The second-order valence-corrected chi connectivity index (χ2v) is 11.6. The maximum atomic E-state index is 13.2. The minimum absolute atomic E-state index is 0.0464. The molecule has 35 heavy (non-hydrogen) atoms. The fraction of sp³-hybridized carbons (Fsp3) is 0.208. The Bertz CT molecular complexity index is 1430. The first-order chi connectivity index (χ1) is 16.8. The van der Waals surface area contributed by atoms with Crippen molar-refractivity contribution in [1.29, 1.82) is 0 Å². The summed E-state index contributed by atoms with van der Waals surface area (Å²) in [6.45, 7) is 1.66. The Morgan fingerprint density at radius 1 is 1.11 bits per heavy atom. The molecule has 5 rings (SSSR count). The van der Waals surface area contributed by atoms with Gasteiger partial charge in [-0.3, -0.25) is 4.79 Å². The van der Waals surface area contributed by atoms with Gasteiger partial charge in [0.15, 0.2) is 5.84 Å². The van der Waals surface area contributed by atoms with E-state index in [1.165, 1.54) is 22.5 Å². The number of fused-ring (bicyclic) bond motifs is 2. The summed E-state index contributed by atoms with van der Waals surface area (Å²) in [6, 6.07) is 11.8. The van der Waals surface area contributed by atoms with Crippen molar-refractivity contribution < 1.29 is 17.9 Å². The zero-order valence-electron chi connectivity index (χ0n) is 18.4. The standard InChI is InChI=1S/C24H20ClIN4O4S/c25-20-7-5-16(13-21(20)35(32,33)30-9-11-34-12-10-30)24(31)28-23-19-4-2-1-3-17(19)14-29-15-18(26)6-8-22(29)27-23/h1-8,13,15H,9-12,14H2. The lowest BCUT2D eigenvalue weighted by atomic mass is 10.1. The van der Waals surface area contributed by atoms with Gasteiger partial charge >= 0.3 is 0 Å². The Morgan fingerprint density at radius 2 is 1.89 bits per heavy atom. The molecule has 2 aromatic rings. The number of allylic oxidation sites excluding steroid dienone is 2. The second-order valence-electron chi connectivity index (χ2n) is 8.00. The van der Waals surface area contributed by atoms with E-state index in [1.54, 1.807) is 0 Å². The van der Waals surface area contributed by atoms with E-state index in [1.807, 2.05) is 47.5 Å². The number of aliphatic imine (C=N–C) groups is 2. The van der Waals surface area contributed by atoms with Crippen LogP contribution in [-0.2, 0) is 21.3 Å². The Labute approximate surface area is 221 Å². The Kier molecular flexibility index (Phi) is 6.91. The van der Waals surface area contributed by atoms with Crippen LogP contribution in [-0.4, -0.2) is 61.5 Å². The average Bonchev–Trinajstić information content (AvgIpc) is 3.00. The van der Waals surface area contributed by atoms with Gasteiger partial charge < -0.3 is 9.64 Å². The van der Waals surface area contributed by atoms with Gasteiger partial charge in [0.2, 0.25) is 10.0 Å². The molecule has 0 N–H and O–H groups in total. The molecule has 0 atom stereocenters. The van der Waals surface area contributed by atoms with Gasteiger partial charge in [-0.25, -0.2) is 13.4 Å². The van der Waals surface area contributed by atoms with Crippen molar-refractivity contribution in [3.05, 3.63) is 86.1 Å². The number of rotatable bonds is 3. The van der Waals surface area contributed by atoms with Crippen LogP contribution in [0.4, 0.5) is 0 Å². The lowest BCUT2D eigenvalue weighted by Gasteiger charge is -2.26. The first-order valence-electron chi connectivity index (χ1n) is 10.8. The van der Waals surface area contributed by atoms with Gasteiger partial charge in [0.25, 0.3) is 5.91 Å². The molecule has 1 fully saturated rings. The summed E-state index contributed by atoms with van der Waals surface area (Å²) in [5.41, 5.74) is 1.83. The van der Waals surface area contributed by atoms with E-state index in [2.05, 4.69) is 32.6 Å². The summed E-state index contributed by atoms with van der Waals surface area (Å²) in [4.78, 5) is 24.1. The molecule has 3 aliphatic heterocycles. The maximum Gasteiger partial charge on any atom is 0.279 e. The average molecular weight is 623 g/mol. The van der Waals surface area contributed by atoms with Crippen molar-refractivity contribution >= 4 is 61.8 Å². The summed E-state index contributed by atoms with van der Waals surface area (Å²) < 4.78 is 34.0. The van der Waals surface area contributed by atoms with Crippen LogP contribution in [0.25, 0.3) is 0 Å². The molecule has 0 bridgehead atoms. The summed E-state index contributed by atoms with van der Waals surface area (Å²) >= 11 is 8.49. The number of nitrogens with zero attached hydrogens (tertiary/aromatic N) is 4. The number of carbonyl (C=O) groups is 1. The highest BCUT2D eigenvalue weighted by Crippen LogP contribution is 2.28. The van der Waals surface area contributed by atoms with Crippen molar-refractivity contribution in [2.45, 2.75) is 11.4 Å². The third kappa shape index (κ3) is 4.98. The van der Waals surface area contributed by atoms with Crippen LogP contribution in [0.15, 0.2) is 79.3 Å². The Hall–Kier alpha value is -2.38. The van der Waals surface area contributed by atoms with Crippen molar-refractivity contribution in [3.63, 3.8) is 0 Å². The van der Waals surface area contributed by atoms with Gasteiger partial charge in [0.1, 0.15) is 10.7 Å². The third-order valence-electron chi connectivity index (χ3n) is 5.76. The van der Waals surface area contributed by atoms with Crippen LogP contribution in [0.5, 0.6) is 0 Å². The van der Waals surface area contributed by atoms with E-state index >= 15 is 0 Å². The van der Waals surface area contributed by atoms with Crippen LogP contribution < -0.4 is 0 Å². The molecule has 8 nitrogen and oxygen atoms in total. The number of hydrogen-bond donors (Lipinski definition) is 0. The molecule has 0 radical (unpaired) electrons. The number of amidine groups is 2. The maximum absolute atomic E-state index is 13.2. The molecule has 11 heteroatoms. The molecular weight excluding hydrogens is 603 g/mol. The highest BCUT2D eigenvalue weighted by Gasteiger charge is 2.29. The lowest BCUT2D eigenvalue weighted by Crippen LogP contribution is -2.40. The number of sulfonamides is 1. The molecule has 180 valence electrons. The van der Waals surface area contributed by atoms with Crippen LogP contribution in [0.3, 0.4) is 0 Å². The molecule has 0 aromatic heterocycles. The first-order valence-corrected chi connectivity index (χ1v) is 13.7. The first kappa shape index (κ1) is 24.3. The predicted molar refractivity (Wildman–Crippen MR) is 143 cm³/mol. The summed E-state index contributed by atoms with van der Waals surface area (Å²) in [5.74, 6) is 0.332. The number of amides is 1. The highest BCUT2D eigenvalue weighted by molar-refractivity contribution is 14.1. The van der Waals surface area contributed by atoms with E-state index in [0.29, 0.717) is 25.6 Å². The van der Waals surface area contributed by atoms with E-state index < -0.39 is 15.9 Å². The monoisotopic (exact) mass is 622 g/mol. The van der Waals surface area contributed by atoms with Gasteiger partial charge in [0, 0.05) is 40.5 Å². The minimum atomic E-state index is -3.89. The topological polar surface area (TPSA) is 91.6 Å². The van der Waals surface area contributed by atoms with E-state index in [0.717, 1.165) is 14.7 Å². The molecule has 1 amide bonds. The Balaban J connectivity index is 1.54. The van der Waals surface area contributed by atoms with Gasteiger partial charge in [-0.1, -0.05) is 35.9 Å². The lowest BCUT2D eigenvalue weighted by molar-refractivity contribution is 0.0730. The molecule has 3 heterocycles. The number of halogens is 2. The van der Waals surface area contributed by atoms with E-state index in [-0.39, 0.29) is 34.4 Å². The normalized spacial score (nSPS) is 19.5. The summed E-state index contributed by atoms with van der Waals surface area (Å²) in [5, 5.41) is 0.0464. The van der Waals surface area contributed by atoms with Crippen molar-refractivity contribution in [2.24, 2.45) is 9.98 Å². The van der Waals surface area contributed by atoms with E-state index in [9.17, 15) is 13.2 Å². The summed E-state index contributed by atoms with van der Waals surface area (Å²) in [7, 11) is -3.89. The smallest absolute Gasteiger partial charge is 0.279 e. The molecule has 0 saturated carbocycles. The number of carbonyl (C=O) groups excluding carboxylic acids is 1. The zero-order chi connectivity index (χ0) is 24.6. The number of hydrogen-bond acceptors (Lipinski definition) is 5. The quantitative estimate of drug-likeness (QED) is 0.483. The number of ether oxygens (including phenoxy) is 1. The fourth-order valence-corrected chi connectivity index (χ4v) is 6.40. The van der Waals surface area contributed by atoms with Crippen LogP contribution in [0, 0.1) is 0 Å². The van der Waals surface area contributed by atoms with Crippen LogP contribution in [0.2, 0.25) is 5.02 Å². The molecule has 3 aliphatic rings. The molecule has 1 saturated heterocycles. The second kappa shape index (κ2) is 9.94. The molecule has 0 aliphatic carbocycles. The van der Waals surface area contributed by atoms with Gasteiger partial charge in [-0.2, -0.15) is 9.30 Å². The highest BCUT2D eigenvalue weighted by atomic mass is 127. The van der Waals surface area contributed by atoms with Crippen molar-refractivity contribution in [3.8, 4) is 0 Å². The SMILES string of the molecule is O=C(N=C1N=C2C=CC(I)=CN2Cc2ccccc21)c1ccc(Cl)c(S(=O)(=O)N2CCOCC2)c1. The van der Waals surface area contributed by atoms with Crippen LogP contribution >= 0.6 is 34.2 Å². The predicted octanol–water partition coefficient (Wildman–Crippen LogP) is 4.01. The minimum Gasteiger partial charge on any atom is -0.379 e. The molecular formula is C24H20ClIN4O4S. The van der Waals surface area contributed by atoms with Crippen molar-refractivity contribution in [1.82, 2.24) is 9.21 Å². The largest absolute Gasteiger partial charge is 0.379 e.